The summed E-state index contributed by atoms with van der Waals surface area (Å²) in [5, 5.41) is 11.3. The molecule has 2 fully saturated rings. The number of aromatic nitrogens is 2. The zero-order chi connectivity index (χ0) is 15.0. The molecule has 1 aromatic heterocycles. The fraction of sp³-hybridized carbons (Fsp3) is 0.688. The van der Waals surface area contributed by atoms with Crippen LogP contribution in [0, 0.1) is 5.92 Å². The van der Waals surface area contributed by atoms with Crippen LogP contribution >= 0.6 is 0 Å². The van der Waals surface area contributed by atoms with Crippen LogP contribution < -0.4 is 5.32 Å². The molecule has 0 unspecified atom stereocenters. The Morgan fingerprint density at radius 2 is 2.14 bits per heavy atom. The molecule has 2 aliphatic rings. The highest BCUT2D eigenvalue weighted by Crippen LogP contribution is 2.38. The minimum absolute atomic E-state index is 0.0192. The van der Waals surface area contributed by atoms with E-state index in [1.807, 2.05) is 6.07 Å². The lowest BCUT2D eigenvalue weighted by Gasteiger charge is -2.20. The van der Waals surface area contributed by atoms with Crippen LogP contribution in [0.25, 0.3) is 0 Å². The van der Waals surface area contributed by atoms with Crippen LogP contribution in [0.5, 0.6) is 0 Å². The third kappa shape index (κ3) is 3.23. The molecule has 0 radical (unpaired) electrons. The topological polar surface area (TPSA) is 58.1 Å². The van der Waals surface area contributed by atoms with Gasteiger partial charge in [0.25, 0.3) is 5.91 Å². The van der Waals surface area contributed by atoms with Gasteiger partial charge in [0.15, 0.2) is 0 Å². The van der Waals surface area contributed by atoms with Crippen molar-refractivity contribution in [1.82, 2.24) is 20.4 Å². The molecule has 0 aromatic carbocycles. The molecule has 1 amide bonds. The van der Waals surface area contributed by atoms with Crippen molar-refractivity contribution in [3.63, 3.8) is 0 Å². The van der Waals surface area contributed by atoms with Gasteiger partial charge in [-0.1, -0.05) is 6.92 Å². The number of amides is 1. The van der Waals surface area contributed by atoms with Crippen molar-refractivity contribution in [2.75, 3.05) is 13.1 Å². The highest BCUT2D eigenvalue weighted by molar-refractivity contribution is 5.94. The van der Waals surface area contributed by atoms with Crippen LogP contribution in [0.2, 0.25) is 0 Å². The first-order valence-corrected chi connectivity index (χ1v) is 7.92. The van der Waals surface area contributed by atoms with Crippen molar-refractivity contribution in [2.24, 2.45) is 5.92 Å². The number of nitrogens with zero attached hydrogens (tertiary/aromatic N) is 3. The van der Waals surface area contributed by atoms with Crippen LogP contribution in [-0.4, -0.2) is 46.2 Å². The van der Waals surface area contributed by atoms with Gasteiger partial charge >= 0.3 is 0 Å². The number of carbonyl (C=O) groups is 1. The van der Waals surface area contributed by atoms with E-state index in [-0.39, 0.29) is 11.9 Å². The quantitative estimate of drug-likeness (QED) is 0.918. The normalized spacial score (nSPS) is 26.3. The summed E-state index contributed by atoms with van der Waals surface area (Å²) in [4.78, 5) is 14.8. The molecule has 5 nitrogen and oxygen atoms in total. The van der Waals surface area contributed by atoms with Crippen LogP contribution in [0.15, 0.2) is 12.3 Å². The summed E-state index contributed by atoms with van der Waals surface area (Å²) < 4.78 is 0. The lowest BCUT2D eigenvalue weighted by atomic mass is 10.1. The number of hydrogen-bond donors (Lipinski definition) is 1. The van der Waals surface area contributed by atoms with Crippen LogP contribution in [0.3, 0.4) is 0 Å². The van der Waals surface area contributed by atoms with Gasteiger partial charge in [0, 0.05) is 31.1 Å². The SMILES string of the molecule is CC(C)N1C[C@H](C)[C@H](NC(=O)c2cnnc(C3CC3)c2)C1. The van der Waals surface area contributed by atoms with Gasteiger partial charge < -0.3 is 5.32 Å². The van der Waals surface area contributed by atoms with Gasteiger partial charge in [0.1, 0.15) is 0 Å². The zero-order valence-corrected chi connectivity index (χ0v) is 13.0. The van der Waals surface area contributed by atoms with E-state index in [9.17, 15) is 4.79 Å². The molecule has 1 aliphatic carbocycles. The second-order valence-electron chi connectivity index (χ2n) is 6.75. The fourth-order valence-corrected chi connectivity index (χ4v) is 2.95. The Bertz CT molecular complexity index is 527. The first-order valence-electron chi connectivity index (χ1n) is 7.92. The van der Waals surface area contributed by atoms with Gasteiger partial charge in [0.05, 0.1) is 17.5 Å². The maximum Gasteiger partial charge on any atom is 0.253 e. The fourth-order valence-electron chi connectivity index (χ4n) is 2.95. The summed E-state index contributed by atoms with van der Waals surface area (Å²) in [5.41, 5.74) is 1.60. The first-order chi connectivity index (χ1) is 10.0. The molecule has 1 saturated carbocycles. The summed E-state index contributed by atoms with van der Waals surface area (Å²) in [7, 11) is 0. The summed E-state index contributed by atoms with van der Waals surface area (Å²) >= 11 is 0. The Hall–Kier alpha value is -1.49. The molecule has 5 heteroatoms. The van der Waals surface area contributed by atoms with Gasteiger partial charge in [-0.3, -0.25) is 9.69 Å². The largest absolute Gasteiger partial charge is 0.348 e. The van der Waals surface area contributed by atoms with Crippen molar-refractivity contribution in [3.05, 3.63) is 23.5 Å². The van der Waals surface area contributed by atoms with Gasteiger partial charge in [0.2, 0.25) is 0 Å². The molecule has 1 aromatic rings. The Balaban J connectivity index is 1.64. The van der Waals surface area contributed by atoms with E-state index in [4.69, 9.17) is 0 Å². The van der Waals surface area contributed by atoms with Crippen molar-refractivity contribution in [3.8, 4) is 0 Å². The monoisotopic (exact) mass is 288 g/mol. The predicted molar refractivity (Wildman–Crippen MR) is 81.1 cm³/mol. The summed E-state index contributed by atoms with van der Waals surface area (Å²) in [5.74, 6) is 0.982. The summed E-state index contributed by atoms with van der Waals surface area (Å²) in [6, 6.07) is 2.65. The van der Waals surface area contributed by atoms with E-state index >= 15 is 0 Å². The van der Waals surface area contributed by atoms with Crippen LogP contribution in [-0.2, 0) is 0 Å². The average molecular weight is 288 g/mol. The van der Waals surface area contributed by atoms with Gasteiger partial charge in [-0.15, -0.1) is 0 Å². The Labute approximate surface area is 126 Å². The molecule has 2 atom stereocenters. The highest BCUT2D eigenvalue weighted by atomic mass is 16.1. The number of likely N-dealkylation sites (tertiary alicyclic amines) is 1. The molecule has 2 heterocycles. The molecule has 114 valence electrons. The maximum absolute atomic E-state index is 12.4. The standard InChI is InChI=1S/C16H24N4O/c1-10(2)20-8-11(3)15(9-20)18-16(21)13-6-14(12-4-5-12)19-17-7-13/h6-7,10-12,15H,4-5,8-9H2,1-3H3,(H,18,21)/t11-,15+/m0/s1. The maximum atomic E-state index is 12.4. The zero-order valence-electron chi connectivity index (χ0n) is 13.0. The van der Waals surface area contributed by atoms with Gasteiger partial charge in [-0.25, -0.2) is 0 Å². The third-order valence-corrected chi connectivity index (χ3v) is 4.62. The lowest BCUT2D eigenvalue weighted by Crippen LogP contribution is -2.40. The van der Waals surface area contributed by atoms with E-state index < -0.39 is 0 Å². The molecule has 1 N–H and O–H groups in total. The van der Waals surface area contributed by atoms with Crippen molar-refractivity contribution >= 4 is 5.91 Å². The molecule has 1 aliphatic heterocycles. The number of hydrogen-bond acceptors (Lipinski definition) is 4. The smallest absolute Gasteiger partial charge is 0.253 e. The molecule has 1 saturated heterocycles. The molecule has 0 bridgehead atoms. The van der Waals surface area contributed by atoms with Crippen LogP contribution in [0.1, 0.15) is 55.6 Å². The summed E-state index contributed by atoms with van der Waals surface area (Å²) in [6.45, 7) is 8.58. The Morgan fingerprint density at radius 3 is 2.76 bits per heavy atom. The minimum Gasteiger partial charge on any atom is -0.348 e. The van der Waals surface area contributed by atoms with E-state index in [1.165, 1.54) is 12.8 Å². The van der Waals surface area contributed by atoms with Crippen molar-refractivity contribution in [2.45, 2.75) is 51.6 Å². The second kappa shape index (κ2) is 5.72. The van der Waals surface area contributed by atoms with E-state index in [0.29, 0.717) is 23.4 Å². The Kier molecular flexibility index (Phi) is 3.93. The number of rotatable bonds is 4. The predicted octanol–water partition coefficient (Wildman–Crippen LogP) is 1.81. The van der Waals surface area contributed by atoms with E-state index in [1.54, 1.807) is 6.20 Å². The van der Waals surface area contributed by atoms with E-state index in [2.05, 4.69) is 41.2 Å². The average Bonchev–Trinajstić information content (AvgIpc) is 3.24. The molecule has 0 spiro atoms. The van der Waals surface area contributed by atoms with Gasteiger partial charge in [-0.2, -0.15) is 10.2 Å². The first kappa shape index (κ1) is 14.4. The van der Waals surface area contributed by atoms with Crippen molar-refractivity contribution < 1.29 is 4.79 Å². The molecular formula is C16H24N4O. The summed E-state index contributed by atoms with van der Waals surface area (Å²) in [6.07, 6.45) is 3.91. The molecule has 3 rings (SSSR count). The number of nitrogens with one attached hydrogen (secondary N) is 1. The minimum atomic E-state index is -0.0192. The highest BCUT2D eigenvalue weighted by Gasteiger charge is 2.32. The van der Waals surface area contributed by atoms with Crippen LogP contribution in [0.4, 0.5) is 0 Å². The lowest BCUT2D eigenvalue weighted by molar-refractivity contribution is 0.0930. The number of carbonyl (C=O) groups excluding carboxylic acids is 1. The Morgan fingerprint density at radius 1 is 1.38 bits per heavy atom. The molecular weight excluding hydrogens is 264 g/mol. The van der Waals surface area contributed by atoms with E-state index in [0.717, 1.165) is 18.8 Å². The van der Waals surface area contributed by atoms with Crippen molar-refractivity contribution in [1.29, 1.82) is 0 Å². The van der Waals surface area contributed by atoms with Gasteiger partial charge in [-0.05, 0) is 38.7 Å². The second-order valence-corrected chi connectivity index (χ2v) is 6.75. The third-order valence-electron chi connectivity index (χ3n) is 4.62. The molecule has 21 heavy (non-hydrogen) atoms.